The standard InChI is InChI=1S/C22H27N2/c1-2-12-23(13-3-1)19-10-14-24(15-11-19)21-16-18-8-4-6-17-7-5-9-20(21)22(17)18/h4-9,19H,1-3,10-16H2. The van der Waals surface area contributed by atoms with Gasteiger partial charge in [-0.05, 0) is 67.1 Å². The van der Waals surface area contributed by atoms with E-state index in [0.29, 0.717) is 0 Å². The fourth-order valence-electron chi connectivity index (χ4n) is 5.15. The number of rotatable bonds is 2. The number of nitrogens with zero attached hydrogens (tertiary/aromatic N) is 2. The van der Waals surface area contributed by atoms with E-state index < -0.39 is 0 Å². The molecule has 2 nitrogen and oxygen atoms in total. The van der Waals surface area contributed by atoms with Crippen LogP contribution in [-0.4, -0.2) is 42.0 Å². The lowest BCUT2D eigenvalue weighted by atomic mass is 9.97. The summed E-state index contributed by atoms with van der Waals surface area (Å²) in [5, 5.41) is 2.91. The Morgan fingerprint density at radius 2 is 1.54 bits per heavy atom. The van der Waals surface area contributed by atoms with Gasteiger partial charge in [0.2, 0.25) is 0 Å². The second-order valence-corrected chi connectivity index (χ2v) is 7.76. The monoisotopic (exact) mass is 319 g/mol. The smallest absolute Gasteiger partial charge is 0.0739 e. The van der Waals surface area contributed by atoms with Crippen molar-refractivity contribution in [3.63, 3.8) is 0 Å². The van der Waals surface area contributed by atoms with Gasteiger partial charge < -0.3 is 4.90 Å². The van der Waals surface area contributed by atoms with E-state index in [4.69, 9.17) is 0 Å². The highest BCUT2D eigenvalue weighted by atomic mass is 15.2. The fraction of sp³-hybridized carbons (Fsp3) is 0.500. The molecule has 0 N–H and O–H groups in total. The van der Waals surface area contributed by atoms with Crippen LogP contribution in [0, 0.1) is 6.04 Å². The molecule has 2 aliphatic heterocycles. The number of likely N-dealkylation sites (tertiary alicyclic amines) is 2. The molecular formula is C22H27N2. The van der Waals surface area contributed by atoms with E-state index in [9.17, 15) is 0 Å². The Labute approximate surface area is 145 Å². The quantitative estimate of drug-likeness (QED) is 0.817. The molecular weight excluding hydrogens is 292 g/mol. The summed E-state index contributed by atoms with van der Waals surface area (Å²) in [6.07, 6.45) is 8.08. The first-order chi connectivity index (χ1) is 11.9. The zero-order valence-electron chi connectivity index (χ0n) is 14.5. The van der Waals surface area contributed by atoms with Gasteiger partial charge in [-0.1, -0.05) is 42.8 Å². The van der Waals surface area contributed by atoms with Gasteiger partial charge in [-0.25, -0.2) is 0 Å². The van der Waals surface area contributed by atoms with Crippen LogP contribution in [0.2, 0.25) is 0 Å². The maximum Gasteiger partial charge on any atom is 0.0739 e. The third kappa shape index (κ3) is 2.48. The Morgan fingerprint density at radius 1 is 0.792 bits per heavy atom. The molecule has 0 atom stereocenters. The highest BCUT2D eigenvalue weighted by molar-refractivity contribution is 5.93. The van der Waals surface area contributed by atoms with Crippen LogP contribution in [0.25, 0.3) is 10.8 Å². The van der Waals surface area contributed by atoms with Crippen LogP contribution in [0.5, 0.6) is 0 Å². The SMILES string of the molecule is c1cc2c3c(cccc3c1)[C](N1CCC(N3CCCCC3)CC1)C2. The topological polar surface area (TPSA) is 6.48 Å². The summed E-state index contributed by atoms with van der Waals surface area (Å²) in [5.74, 6) is 0. The van der Waals surface area contributed by atoms with Gasteiger partial charge in [-0.15, -0.1) is 0 Å². The van der Waals surface area contributed by atoms with E-state index in [2.05, 4.69) is 46.2 Å². The van der Waals surface area contributed by atoms with Crippen molar-refractivity contribution in [3.8, 4) is 0 Å². The zero-order chi connectivity index (χ0) is 15.9. The van der Waals surface area contributed by atoms with E-state index in [1.807, 2.05) is 0 Å². The number of benzene rings is 2. The summed E-state index contributed by atoms with van der Waals surface area (Å²) in [6, 6.07) is 16.0. The van der Waals surface area contributed by atoms with Crippen LogP contribution in [-0.2, 0) is 6.42 Å². The van der Waals surface area contributed by atoms with Crippen LogP contribution >= 0.6 is 0 Å². The minimum absolute atomic E-state index is 0.835. The Hall–Kier alpha value is -1.38. The van der Waals surface area contributed by atoms with Gasteiger partial charge in [0.15, 0.2) is 0 Å². The lowest BCUT2D eigenvalue weighted by molar-refractivity contribution is 0.0974. The molecule has 2 aromatic rings. The molecule has 3 aliphatic rings. The molecule has 2 fully saturated rings. The average molecular weight is 319 g/mol. The minimum Gasteiger partial charge on any atom is -0.300 e. The Kier molecular flexibility index (Phi) is 3.83. The number of piperidine rings is 2. The van der Waals surface area contributed by atoms with Crippen molar-refractivity contribution in [1.82, 2.24) is 9.80 Å². The third-order valence-electron chi connectivity index (χ3n) is 6.41. The molecule has 0 bridgehead atoms. The van der Waals surface area contributed by atoms with E-state index in [1.165, 1.54) is 80.2 Å². The molecule has 1 radical (unpaired) electrons. The number of hydrogen-bond donors (Lipinski definition) is 0. The summed E-state index contributed by atoms with van der Waals surface area (Å²) in [6.45, 7) is 5.15. The van der Waals surface area contributed by atoms with Crippen LogP contribution in [0.4, 0.5) is 0 Å². The molecule has 2 heteroatoms. The summed E-state index contributed by atoms with van der Waals surface area (Å²) in [4.78, 5) is 5.46. The Bertz CT molecular complexity index is 719. The van der Waals surface area contributed by atoms with Crippen molar-refractivity contribution in [2.75, 3.05) is 26.2 Å². The van der Waals surface area contributed by atoms with Crippen molar-refractivity contribution in [2.45, 2.75) is 44.6 Å². The van der Waals surface area contributed by atoms with Crippen molar-refractivity contribution in [2.24, 2.45) is 0 Å². The van der Waals surface area contributed by atoms with Gasteiger partial charge >= 0.3 is 0 Å². The van der Waals surface area contributed by atoms with E-state index in [0.717, 1.165) is 12.5 Å². The van der Waals surface area contributed by atoms with Gasteiger partial charge in [-0.3, -0.25) is 4.90 Å². The maximum absolute atomic E-state index is 2.77. The van der Waals surface area contributed by atoms with E-state index in [-0.39, 0.29) is 0 Å². The summed E-state index contributed by atoms with van der Waals surface area (Å²) < 4.78 is 0. The van der Waals surface area contributed by atoms with E-state index in [1.54, 1.807) is 6.04 Å². The highest BCUT2D eigenvalue weighted by Gasteiger charge is 2.33. The van der Waals surface area contributed by atoms with Gasteiger partial charge in [-0.2, -0.15) is 0 Å². The first-order valence-electron chi connectivity index (χ1n) is 9.76. The second-order valence-electron chi connectivity index (χ2n) is 7.76. The van der Waals surface area contributed by atoms with Crippen molar-refractivity contribution in [1.29, 1.82) is 0 Å². The molecule has 0 saturated carbocycles. The summed E-state index contributed by atoms with van der Waals surface area (Å²) in [5.41, 5.74) is 3.02. The Morgan fingerprint density at radius 3 is 2.33 bits per heavy atom. The number of hydrogen-bond acceptors (Lipinski definition) is 2. The van der Waals surface area contributed by atoms with Gasteiger partial charge in [0.25, 0.3) is 0 Å². The first kappa shape index (κ1) is 14.9. The van der Waals surface area contributed by atoms with Crippen LogP contribution < -0.4 is 0 Å². The lowest BCUT2D eigenvalue weighted by Gasteiger charge is -2.42. The highest BCUT2D eigenvalue weighted by Crippen LogP contribution is 2.40. The largest absolute Gasteiger partial charge is 0.300 e. The predicted octanol–water partition coefficient (Wildman–Crippen LogP) is 4.23. The molecule has 0 aromatic heterocycles. The molecule has 125 valence electrons. The van der Waals surface area contributed by atoms with Crippen LogP contribution in [0.15, 0.2) is 36.4 Å². The minimum atomic E-state index is 0.835. The molecule has 0 unspecified atom stereocenters. The molecule has 2 aromatic carbocycles. The molecule has 0 amide bonds. The maximum atomic E-state index is 2.77. The molecule has 24 heavy (non-hydrogen) atoms. The van der Waals surface area contributed by atoms with Crippen molar-refractivity contribution in [3.05, 3.63) is 53.6 Å². The summed E-state index contributed by atoms with van der Waals surface area (Å²) in [7, 11) is 0. The van der Waals surface area contributed by atoms with Crippen LogP contribution in [0.1, 0.15) is 43.2 Å². The molecule has 2 heterocycles. The normalized spacial score (nSPS) is 24.0. The molecule has 1 aliphatic carbocycles. The van der Waals surface area contributed by atoms with Crippen molar-refractivity contribution < 1.29 is 0 Å². The zero-order valence-corrected chi connectivity index (χ0v) is 14.5. The lowest BCUT2D eigenvalue weighted by Crippen LogP contribution is -2.47. The van der Waals surface area contributed by atoms with Crippen LogP contribution in [0.3, 0.4) is 0 Å². The first-order valence-corrected chi connectivity index (χ1v) is 9.76. The molecule has 5 rings (SSSR count). The molecule has 2 saturated heterocycles. The van der Waals surface area contributed by atoms with E-state index >= 15 is 0 Å². The summed E-state index contributed by atoms with van der Waals surface area (Å²) >= 11 is 0. The van der Waals surface area contributed by atoms with Crippen molar-refractivity contribution >= 4 is 10.8 Å². The Balaban J connectivity index is 1.32. The van der Waals surface area contributed by atoms with Gasteiger partial charge in [0.05, 0.1) is 6.04 Å². The average Bonchev–Trinajstić information content (AvgIpc) is 3.04. The second kappa shape index (κ2) is 6.16. The fourth-order valence-corrected chi connectivity index (χ4v) is 5.15. The predicted molar refractivity (Wildman–Crippen MR) is 100 cm³/mol. The third-order valence-corrected chi connectivity index (χ3v) is 6.41. The van der Waals surface area contributed by atoms with Gasteiger partial charge in [0, 0.05) is 19.1 Å². The van der Waals surface area contributed by atoms with Gasteiger partial charge in [0.1, 0.15) is 0 Å². The molecule has 0 spiro atoms.